The average Bonchev–Trinajstić information content (AvgIpc) is 2.78. The molecule has 0 spiro atoms. The molecule has 0 aliphatic carbocycles. The zero-order chi connectivity index (χ0) is 23.3. The molecule has 0 radical (unpaired) electrons. The molecule has 2 N–H and O–H groups in total. The van der Waals surface area contributed by atoms with Crippen LogP contribution in [0.5, 0.6) is 11.5 Å². The number of phenols is 2. The highest BCUT2D eigenvalue weighted by molar-refractivity contribution is 7.99. The Kier molecular flexibility index (Phi) is 9.36. The van der Waals surface area contributed by atoms with Crippen LogP contribution in [0, 0.1) is 0 Å². The van der Waals surface area contributed by atoms with Crippen molar-refractivity contribution in [1.82, 2.24) is 0 Å². The highest BCUT2D eigenvalue weighted by Crippen LogP contribution is 2.47. The fourth-order valence-electron chi connectivity index (χ4n) is 5.22. The lowest BCUT2D eigenvalue weighted by molar-refractivity contribution is 0.458. The minimum absolute atomic E-state index is 0.517. The first kappa shape index (κ1) is 25.6. The fraction of sp³-hybridized carbons (Fsp3) is 0.571. The Morgan fingerprint density at radius 3 is 0.742 bits per heavy atom. The van der Waals surface area contributed by atoms with Crippen molar-refractivity contribution in [3.05, 3.63) is 44.5 Å². The third-order valence-corrected chi connectivity index (χ3v) is 8.12. The third-order valence-electron chi connectivity index (χ3n) is 6.73. The van der Waals surface area contributed by atoms with Gasteiger partial charge >= 0.3 is 0 Å². The van der Waals surface area contributed by atoms with Gasteiger partial charge in [0, 0.05) is 9.79 Å². The Morgan fingerprint density at radius 1 is 0.387 bits per heavy atom. The Labute approximate surface area is 194 Å². The van der Waals surface area contributed by atoms with Gasteiger partial charge in [-0.1, -0.05) is 67.2 Å². The quantitative estimate of drug-likeness (QED) is 0.395. The fourth-order valence-corrected chi connectivity index (χ4v) is 6.98. The Bertz CT molecular complexity index is 786. The van der Waals surface area contributed by atoms with E-state index in [4.69, 9.17) is 0 Å². The lowest BCUT2D eigenvalue weighted by Crippen LogP contribution is -2.08. The van der Waals surface area contributed by atoms with E-state index in [1.165, 1.54) is 32.0 Å². The molecule has 0 amide bonds. The van der Waals surface area contributed by atoms with Gasteiger partial charge in [-0.15, -0.1) is 0 Å². The van der Waals surface area contributed by atoms with Gasteiger partial charge in [-0.3, -0.25) is 0 Å². The van der Waals surface area contributed by atoms with Gasteiger partial charge in [0.05, 0.1) is 0 Å². The van der Waals surface area contributed by atoms with Crippen LogP contribution in [0.1, 0.15) is 99.9 Å². The molecule has 3 heteroatoms. The van der Waals surface area contributed by atoms with Crippen LogP contribution in [0.25, 0.3) is 0 Å². The van der Waals surface area contributed by atoms with E-state index in [9.17, 15) is 10.2 Å². The summed E-state index contributed by atoms with van der Waals surface area (Å²) in [6, 6.07) is 0. The Hall–Kier alpha value is -1.61. The van der Waals surface area contributed by atoms with Crippen LogP contribution in [-0.2, 0) is 51.4 Å². The van der Waals surface area contributed by atoms with E-state index < -0.39 is 0 Å². The van der Waals surface area contributed by atoms with Gasteiger partial charge in [0.15, 0.2) is 0 Å². The number of benzene rings is 2. The maximum Gasteiger partial charge on any atom is 0.122 e. The Balaban J connectivity index is 2.96. The van der Waals surface area contributed by atoms with Crippen molar-refractivity contribution in [3.63, 3.8) is 0 Å². The van der Waals surface area contributed by atoms with Crippen LogP contribution >= 0.6 is 11.8 Å². The second kappa shape index (κ2) is 11.3. The summed E-state index contributed by atoms with van der Waals surface area (Å²) in [6.07, 6.45) is 7.04. The lowest BCUT2D eigenvalue weighted by Gasteiger charge is -2.26. The second-order valence-corrected chi connectivity index (χ2v) is 9.13. The van der Waals surface area contributed by atoms with Gasteiger partial charge < -0.3 is 10.2 Å². The smallest absolute Gasteiger partial charge is 0.122 e. The molecule has 0 fully saturated rings. The summed E-state index contributed by atoms with van der Waals surface area (Å²) < 4.78 is 0. The molecular formula is C28H42O2S. The molecule has 0 aliphatic rings. The van der Waals surface area contributed by atoms with Crippen LogP contribution in [-0.4, -0.2) is 10.2 Å². The molecule has 0 bridgehead atoms. The van der Waals surface area contributed by atoms with E-state index in [1.807, 2.05) is 11.8 Å². The van der Waals surface area contributed by atoms with Crippen molar-refractivity contribution < 1.29 is 10.2 Å². The van der Waals surface area contributed by atoms with Gasteiger partial charge in [-0.2, -0.15) is 0 Å². The summed E-state index contributed by atoms with van der Waals surface area (Å²) in [5, 5.41) is 22.1. The molecule has 0 heterocycles. The van der Waals surface area contributed by atoms with Crippen LogP contribution in [0.3, 0.4) is 0 Å². The molecule has 0 unspecified atom stereocenters. The highest BCUT2D eigenvalue weighted by atomic mass is 32.2. The van der Waals surface area contributed by atoms with Crippen molar-refractivity contribution in [2.45, 2.75) is 117 Å². The van der Waals surface area contributed by atoms with Crippen LogP contribution in [0.15, 0.2) is 9.79 Å². The summed E-state index contributed by atoms with van der Waals surface area (Å²) in [4.78, 5) is 2.69. The molecule has 2 nitrogen and oxygen atoms in total. The number of hydrogen-bond donors (Lipinski definition) is 2. The first-order chi connectivity index (χ1) is 14.9. The summed E-state index contributed by atoms with van der Waals surface area (Å²) in [5.74, 6) is 1.03. The minimum Gasteiger partial charge on any atom is -0.507 e. The molecule has 0 saturated heterocycles. The third kappa shape index (κ3) is 4.49. The normalized spacial score (nSPS) is 11.4. The van der Waals surface area contributed by atoms with Crippen LogP contribution < -0.4 is 0 Å². The molecule has 31 heavy (non-hydrogen) atoms. The zero-order valence-electron chi connectivity index (χ0n) is 21.0. The average molecular weight is 443 g/mol. The SMILES string of the molecule is CCc1c(O)c(CC)c(CC)c(Sc2c(CC)c(CC)c(O)c(CC)c2CC)c1CC. The van der Waals surface area contributed by atoms with Crippen molar-refractivity contribution >= 4 is 11.8 Å². The first-order valence-electron chi connectivity index (χ1n) is 12.3. The number of rotatable bonds is 10. The summed E-state index contributed by atoms with van der Waals surface area (Å²) >= 11 is 1.91. The zero-order valence-corrected chi connectivity index (χ0v) is 21.8. The van der Waals surface area contributed by atoms with Gasteiger partial charge in [0.2, 0.25) is 0 Å². The van der Waals surface area contributed by atoms with E-state index in [2.05, 4.69) is 55.4 Å². The van der Waals surface area contributed by atoms with E-state index in [0.29, 0.717) is 11.5 Å². The molecule has 2 aromatic rings. The predicted octanol–water partition coefficient (Wildman–Crippen LogP) is 7.75. The number of hydrogen-bond acceptors (Lipinski definition) is 3. The van der Waals surface area contributed by atoms with E-state index in [0.717, 1.165) is 73.6 Å². The summed E-state index contributed by atoms with van der Waals surface area (Å²) in [6.45, 7) is 17.4. The predicted molar refractivity (Wildman–Crippen MR) is 135 cm³/mol. The molecule has 0 aromatic heterocycles. The summed E-state index contributed by atoms with van der Waals surface area (Å²) in [7, 11) is 0. The standard InChI is InChI=1S/C28H42O2S/c1-9-17-21(13-5)27(22(14-6)18(10-2)25(17)29)31-28-23(15-7)19(11-3)26(30)20(12-4)24(28)16-8/h29-30H,9-16H2,1-8H3. The maximum atomic E-state index is 11.1. The molecule has 0 saturated carbocycles. The second-order valence-electron chi connectivity index (χ2n) is 8.11. The monoisotopic (exact) mass is 442 g/mol. The number of aromatic hydroxyl groups is 2. The molecule has 2 rings (SSSR count). The highest BCUT2D eigenvalue weighted by Gasteiger charge is 2.25. The van der Waals surface area contributed by atoms with Crippen LogP contribution in [0.2, 0.25) is 0 Å². The molecule has 2 aromatic carbocycles. The van der Waals surface area contributed by atoms with Crippen molar-refractivity contribution in [2.75, 3.05) is 0 Å². The largest absolute Gasteiger partial charge is 0.507 e. The number of phenolic OH excluding ortho intramolecular Hbond substituents is 2. The topological polar surface area (TPSA) is 40.5 Å². The molecule has 0 aliphatic heterocycles. The lowest BCUT2D eigenvalue weighted by atomic mass is 9.91. The van der Waals surface area contributed by atoms with Gasteiger partial charge in [-0.25, -0.2) is 0 Å². The van der Waals surface area contributed by atoms with E-state index >= 15 is 0 Å². The molecule has 172 valence electrons. The van der Waals surface area contributed by atoms with Crippen molar-refractivity contribution in [2.24, 2.45) is 0 Å². The van der Waals surface area contributed by atoms with Crippen molar-refractivity contribution in [1.29, 1.82) is 0 Å². The molecular weight excluding hydrogens is 400 g/mol. The van der Waals surface area contributed by atoms with Gasteiger partial charge in [0.1, 0.15) is 11.5 Å². The minimum atomic E-state index is 0.517. The van der Waals surface area contributed by atoms with Crippen molar-refractivity contribution in [3.8, 4) is 11.5 Å². The van der Waals surface area contributed by atoms with Gasteiger partial charge in [-0.05, 0) is 95.9 Å². The van der Waals surface area contributed by atoms with Crippen LogP contribution in [0.4, 0.5) is 0 Å². The van der Waals surface area contributed by atoms with E-state index in [1.54, 1.807) is 0 Å². The first-order valence-corrected chi connectivity index (χ1v) is 13.2. The molecule has 0 atom stereocenters. The Morgan fingerprint density at radius 2 is 0.581 bits per heavy atom. The van der Waals surface area contributed by atoms with E-state index in [-0.39, 0.29) is 0 Å². The van der Waals surface area contributed by atoms with Gasteiger partial charge in [0.25, 0.3) is 0 Å². The summed E-state index contributed by atoms with van der Waals surface area (Å²) in [5.41, 5.74) is 9.64. The maximum absolute atomic E-state index is 11.1.